The van der Waals surface area contributed by atoms with Gasteiger partial charge in [0, 0.05) is 52.2 Å². The first-order chi connectivity index (χ1) is 13.7. The Labute approximate surface area is 166 Å². The van der Waals surface area contributed by atoms with E-state index in [1.807, 2.05) is 23.1 Å². The van der Waals surface area contributed by atoms with Crippen molar-refractivity contribution in [2.75, 3.05) is 39.3 Å². The first-order valence-corrected chi connectivity index (χ1v) is 9.87. The number of hydrogen-bond acceptors (Lipinski definition) is 3. The summed E-state index contributed by atoms with van der Waals surface area (Å²) in [7, 11) is 0. The summed E-state index contributed by atoms with van der Waals surface area (Å²) in [5.41, 5.74) is 2.23. The van der Waals surface area contributed by atoms with Crippen LogP contribution in [0.15, 0.2) is 60.7 Å². The third-order valence-corrected chi connectivity index (χ3v) is 4.96. The van der Waals surface area contributed by atoms with Crippen molar-refractivity contribution in [3.05, 3.63) is 77.6 Å². The molecular weight excluding hydrogens is 353 g/mol. The van der Waals surface area contributed by atoms with Gasteiger partial charge in [-0.1, -0.05) is 54.6 Å². The standard InChI is InChI=1S/C23H28FN3O/c24-22-10-8-21(9-11-22)19-25-13-12-23(28)27-17-15-26(16-18-27)14-4-7-20-5-2-1-3-6-20/h1-11,25H,12-19H2/b7-4+. The highest BCUT2D eigenvalue weighted by atomic mass is 19.1. The lowest BCUT2D eigenvalue weighted by Gasteiger charge is -2.34. The van der Waals surface area contributed by atoms with Crippen molar-refractivity contribution in [2.45, 2.75) is 13.0 Å². The predicted molar refractivity (Wildman–Crippen MR) is 111 cm³/mol. The first kappa shape index (κ1) is 20.2. The quantitative estimate of drug-likeness (QED) is 0.714. The first-order valence-electron chi connectivity index (χ1n) is 9.87. The lowest BCUT2D eigenvalue weighted by Crippen LogP contribution is -2.49. The van der Waals surface area contributed by atoms with E-state index in [-0.39, 0.29) is 11.7 Å². The molecule has 0 aromatic heterocycles. The Balaban J connectivity index is 1.30. The number of carbonyl (C=O) groups is 1. The van der Waals surface area contributed by atoms with E-state index in [0.29, 0.717) is 19.5 Å². The fourth-order valence-electron chi connectivity index (χ4n) is 3.27. The number of halogens is 1. The van der Waals surface area contributed by atoms with E-state index >= 15 is 0 Å². The molecule has 0 aliphatic carbocycles. The maximum atomic E-state index is 12.9. The van der Waals surface area contributed by atoms with Crippen LogP contribution >= 0.6 is 0 Å². The van der Waals surface area contributed by atoms with Gasteiger partial charge < -0.3 is 10.2 Å². The van der Waals surface area contributed by atoms with E-state index in [0.717, 1.165) is 38.3 Å². The van der Waals surface area contributed by atoms with Crippen molar-refractivity contribution >= 4 is 12.0 Å². The molecule has 4 nitrogen and oxygen atoms in total. The molecule has 3 rings (SSSR count). The summed E-state index contributed by atoms with van der Waals surface area (Å²) in [5, 5.41) is 3.25. The van der Waals surface area contributed by atoms with Gasteiger partial charge >= 0.3 is 0 Å². The summed E-state index contributed by atoms with van der Waals surface area (Å²) in [6, 6.07) is 16.7. The zero-order chi connectivity index (χ0) is 19.6. The van der Waals surface area contributed by atoms with Crippen LogP contribution in [0.4, 0.5) is 4.39 Å². The molecule has 0 unspecified atom stereocenters. The van der Waals surface area contributed by atoms with E-state index in [4.69, 9.17) is 0 Å². The molecule has 1 aliphatic heterocycles. The minimum atomic E-state index is -0.228. The zero-order valence-corrected chi connectivity index (χ0v) is 16.2. The molecule has 2 aromatic carbocycles. The van der Waals surface area contributed by atoms with Crippen molar-refractivity contribution in [3.8, 4) is 0 Å². The average molecular weight is 381 g/mol. The Kier molecular flexibility index (Phi) is 7.76. The number of carbonyl (C=O) groups excluding carboxylic acids is 1. The highest BCUT2D eigenvalue weighted by molar-refractivity contribution is 5.76. The number of hydrogen-bond donors (Lipinski definition) is 1. The summed E-state index contributed by atoms with van der Waals surface area (Å²) in [4.78, 5) is 16.7. The summed E-state index contributed by atoms with van der Waals surface area (Å²) in [6.07, 6.45) is 4.83. The largest absolute Gasteiger partial charge is 0.340 e. The minimum Gasteiger partial charge on any atom is -0.340 e. The molecule has 0 atom stereocenters. The molecule has 0 saturated carbocycles. The van der Waals surface area contributed by atoms with Crippen molar-refractivity contribution in [3.63, 3.8) is 0 Å². The van der Waals surface area contributed by atoms with Gasteiger partial charge in [-0.25, -0.2) is 4.39 Å². The van der Waals surface area contributed by atoms with Gasteiger partial charge in [-0.15, -0.1) is 0 Å². The van der Waals surface area contributed by atoms with Gasteiger partial charge in [0.1, 0.15) is 5.82 Å². The molecule has 2 aromatic rings. The highest BCUT2D eigenvalue weighted by Crippen LogP contribution is 2.06. The molecule has 0 spiro atoms. The Morgan fingerprint density at radius 3 is 2.43 bits per heavy atom. The Morgan fingerprint density at radius 2 is 1.71 bits per heavy atom. The molecular formula is C23H28FN3O. The average Bonchev–Trinajstić information content (AvgIpc) is 2.73. The smallest absolute Gasteiger partial charge is 0.223 e. The molecule has 1 N–H and O–H groups in total. The van der Waals surface area contributed by atoms with Crippen LogP contribution in [0.3, 0.4) is 0 Å². The van der Waals surface area contributed by atoms with E-state index in [1.54, 1.807) is 12.1 Å². The van der Waals surface area contributed by atoms with Crippen molar-refractivity contribution < 1.29 is 9.18 Å². The van der Waals surface area contributed by atoms with E-state index in [2.05, 4.69) is 34.5 Å². The van der Waals surface area contributed by atoms with Gasteiger partial charge in [-0.2, -0.15) is 0 Å². The molecule has 1 saturated heterocycles. The normalized spacial score (nSPS) is 15.2. The fourth-order valence-corrected chi connectivity index (χ4v) is 3.27. The van der Waals surface area contributed by atoms with E-state index < -0.39 is 0 Å². The monoisotopic (exact) mass is 381 g/mol. The molecule has 0 bridgehead atoms. The fraction of sp³-hybridized carbons (Fsp3) is 0.348. The molecule has 1 amide bonds. The second-order valence-electron chi connectivity index (χ2n) is 7.05. The number of benzene rings is 2. The molecule has 1 fully saturated rings. The summed E-state index contributed by atoms with van der Waals surface area (Å²) < 4.78 is 12.9. The SMILES string of the molecule is O=C(CCNCc1ccc(F)cc1)N1CCN(C/C=C/c2ccccc2)CC1. The van der Waals surface area contributed by atoms with E-state index in [9.17, 15) is 9.18 Å². The molecule has 0 radical (unpaired) electrons. The summed E-state index contributed by atoms with van der Waals surface area (Å²) in [5.74, 6) is -0.0280. The molecule has 28 heavy (non-hydrogen) atoms. The molecule has 5 heteroatoms. The van der Waals surface area contributed by atoms with Crippen LogP contribution in [0.2, 0.25) is 0 Å². The Hall–Kier alpha value is -2.50. The lowest BCUT2D eigenvalue weighted by atomic mass is 10.2. The summed E-state index contributed by atoms with van der Waals surface area (Å²) in [6.45, 7) is 5.59. The van der Waals surface area contributed by atoms with Gasteiger partial charge in [-0.05, 0) is 23.3 Å². The van der Waals surface area contributed by atoms with Crippen molar-refractivity contribution in [1.29, 1.82) is 0 Å². The van der Waals surface area contributed by atoms with Gasteiger partial charge in [0.05, 0.1) is 0 Å². The second-order valence-corrected chi connectivity index (χ2v) is 7.05. The van der Waals surface area contributed by atoms with E-state index in [1.165, 1.54) is 17.7 Å². The van der Waals surface area contributed by atoms with Crippen LogP contribution < -0.4 is 5.32 Å². The second kappa shape index (κ2) is 10.7. The third kappa shape index (κ3) is 6.59. The van der Waals surface area contributed by atoms with Gasteiger partial charge in [0.2, 0.25) is 5.91 Å². The topological polar surface area (TPSA) is 35.6 Å². The van der Waals surface area contributed by atoms with Crippen LogP contribution in [0.5, 0.6) is 0 Å². The number of nitrogens with one attached hydrogen (secondary N) is 1. The maximum absolute atomic E-state index is 12.9. The van der Waals surface area contributed by atoms with Gasteiger partial charge in [-0.3, -0.25) is 9.69 Å². The number of piperazine rings is 1. The number of nitrogens with zero attached hydrogens (tertiary/aromatic N) is 2. The highest BCUT2D eigenvalue weighted by Gasteiger charge is 2.19. The van der Waals surface area contributed by atoms with Crippen LogP contribution in [-0.2, 0) is 11.3 Å². The lowest BCUT2D eigenvalue weighted by molar-refractivity contribution is -0.132. The third-order valence-electron chi connectivity index (χ3n) is 4.96. The van der Waals surface area contributed by atoms with Gasteiger partial charge in [0.15, 0.2) is 0 Å². The zero-order valence-electron chi connectivity index (χ0n) is 16.2. The summed E-state index contributed by atoms with van der Waals surface area (Å²) >= 11 is 0. The van der Waals surface area contributed by atoms with Crippen molar-refractivity contribution in [1.82, 2.24) is 15.1 Å². The number of rotatable bonds is 8. The minimum absolute atomic E-state index is 0.200. The Bertz CT molecular complexity index is 753. The molecule has 148 valence electrons. The van der Waals surface area contributed by atoms with Crippen LogP contribution in [0.1, 0.15) is 17.5 Å². The number of amides is 1. The maximum Gasteiger partial charge on any atom is 0.223 e. The van der Waals surface area contributed by atoms with Crippen LogP contribution in [-0.4, -0.2) is 55.0 Å². The van der Waals surface area contributed by atoms with Crippen molar-refractivity contribution in [2.24, 2.45) is 0 Å². The van der Waals surface area contributed by atoms with Crippen LogP contribution in [0.25, 0.3) is 6.08 Å². The van der Waals surface area contributed by atoms with Gasteiger partial charge in [0.25, 0.3) is 0 Å². The van der Waals surface area contributed by atoms with Crippen LogP contribution in [0, 0.1) is 5.82 Å². The Morgan fingerprint density at radius 1 is 1.00 bits per heavy atom. The molecule has 1 heterocycles. The predicted octanol–water partition coefficient (Wildman–Crippen LogP) is 3.16. The molecule has 1 aliphatic rings.